The molecule has 0 heterocycles. The lowest BCUT2D eigenvalue weighted by atomic mass is 9.88. The van der Waals surface area contributed by atoms with Crippen molar-refractivity contribution in [3.63, 3.8) is 0 Å². The van der Waals surface area contributed by atoms with Crippen molar-refractivity contribution in [2.45, 2.75) is 24.0 Å². The summed E-state index contributed by atoms with van der Waals surface area (Å²) in [4.78, 5) is 36.5. The van der Waals surface area contributed by atoms with Crippen LogP contribution in [0.2, 0.25) is 0 Å². The molecule has 6 heteroatoms. The van der Waals surface area contributed by atoms with E-state index in [-0.39, 0.29) is 11.6 Å². The zero-order chi connectivity index (χ0) is 32.0. The molecule has 1 N–H and O–H groups in total. The third-order valence-corrected chi connectivity index (χ3v) is 9.12. The van der Waals surface area contributed by atoms with Crippen molar-refractivity contribution < 1.29 is 24.2 Å². The molecule has 0 aliphatic rings. The molecule has 0 aliphatic carbocycles. The van der Waals surface area contributed by atoms with Gasteiger partial charge in [-0.1, -0.05) is 121 Å². The predicted octanol–water partition coefficient (Wildman–Crippen LogP) is 9.08. The minimum Gasteiger partial charge on any atom is -0.478 e. The van der Waals surface area contributed by atoms with Crippen molar-refractivity contribution in [2.75, 3.05) is 0 Å². The molecule has 45 heavy (non-hydrogen) atoms. The molecule has 5 aromatic carbocycles. The number of Topliss-reactive ketones (excluding diaryl/α,β-unsaturated/α-hetero) is 2. The zero-order valence-corrected chi connectivity index (χ0v) is 25.8. The lowest BCUT2D eigenvalue weighted by Crippen LogP contribution is -2.32. The van der Waals surface area contributed by atoms with E-state index >= 15 is 0 Å². The highest BCUT2D eigenvalue weighted by molar-refractivity contribution is 8.01. The topological polar surface area (TPSA) is 80.7 Å². The Kier molecular flexibility index (Phi) is 9.45. The van der Waals surface area contributed by atoms with E-state index in [1.807, 2.05) is 91.0 Å². The summed E-state index contributed by atoms with van der Waals surface area (Å²) in [5, 5.41) is 10.3. The summed E-state index contributed by atoms with van der Waals surface area (Å²) in [5.74, 6) is -0.697. The number of ether oxygens (including phenoxy) is 1. The minimum absolute atomic E-state index is 0.00913. The lowest BCUT2D eigenvalue weighted by Gasteiger charge is -2.34. The lowest BCUT2D eigenvalue weighted by molar-refractivity contribution is -0.140. The number of aliphatic carboxylic acids is 1. The zero-order valence-electron chi connectivity index (χ0n) is 25.0. The number of hydrogen-bond acceptors (Lipinski definition) is 5. The molecule has 0 amide bonds. The maximum absolute atomic E-state index is 12.6. The summed E-state index contributed by atoms with van der Waals surface area (Å²) in [6, 6.07) is 39.4. The van der Waals surface area contributed by atoms with E-state index in [0.29, 0.717) is 16.9 Å². The highest BCUT2D eigenvalue weighted by Gasteiger charge is 2.39. The van der Waals surface area contributed by atoms with E-state index in [4.69, 9.17) is 4.74 Å². The molecule has 0 aromatic heterocycles. The van der Waals surface area contributed by atoms with E-state index in [2.05, 4.69) is 6.58 Å². The molecular weight excluding hydrogens is 580 g/mol. The Hall–Kier alpha value is -5.20. The monoisotopic (exact) mass is 612 g/mol. The van der Waals surface area contributed by atoms with E-state index in [1.165, 1.54) is 0 Å². The van der Waals surface area contributed by atoms with Crippen LogP contribution in [0.3, 0.4) is 0 Å². The smallest absolute Gasteiger partial charge is 0.355 e. The van der Waals surface area contributed by atoms with E-state index < -0.39 is 16.2 Å². The van der Waals surface area contributed by atoms with Gasteiger partial charge in [-0.15, -0.1) is 6.58 Å². The van der Waals surface area contributed by atoms with Gasteiger partial charge < -0.3 is 9.84 Å². The Morgan fingerprint density at radius 2 is 1.13 bits per heavy atom. The average Bonchev–Trinajstić information content (AvgIpc) is 3.07. The third-order valence-electron chi connectivity index (χ3n) is 7.60. The SMILES string of the molecule is C=CC(SC(Oc1ccccc1)C(=O)O)(c1ccc(-c2cccc(C(C)=O)c2)cc1)c1ccc(-c2cccc(C(C)=O)c2)cc1. The van der Waals surface area contributed by atoms with E-state index in [0.717, 1.165) is 45.1 Å². The van der Waals surface area contributed by atoms with Gasteiger partial charge in [0.1, 0.15) is 5.75 Å². The van der Waals surface area contributed by atoms with Crippen LogP contribution in [-0.4, -0.2) is 28.1 Å². The minimum atomic E-state index is -1.26. The fourth-order valence-corrected chi connectivity index (χ4v) is 6.40. The number of rotatable bonds is 12. The van der Waals surface area contributed by atoms with Gasteiger partial charge in [0.05, 0.1) is 4.75 Å². The summed E-state index contributed by atoms with van der Waals surface area (Å²) in [5.41, 5.74) is 5.25. The largest absolute Gasteiger partial charge is 0.478 e. The Balaban J connectivity index is 1.58. The summed E-state index contributed by atoms with van der Waals surface area (Å²) in [7, 11) is 0. The van der Waals surface area contributed by atoms with Crippen molar-refractivity contribution >= 4 is 29.3 Å². The molecule has 0 aliphatic heterocycles. The molecule has 224 valence electrons. The number of para-hydroxylation sites is 1. The fraction of sp³-hybridized carbons (Fsp3) is 0.103. The van der Waals surface area contributed by atoms with Gasteiger partial charge in [0.25, 0.3) is 0 Å². The van der Waals surface area contributed by atoms with Gasteiger partial charge in [0, 0.05) is 11.1 Å². The molecule has 0 fully saturated rings. The number of carbonyl (C=O) groups excluding carboxylic acids is 2. The second kappa shape index (κ2) is 13.6. The van der Waals surface area contributed by atoms with Gasteiger partial charge in [-0.3, -0.25) is 9.59 Å². The molecule has 5 nitrogen and oxygen atoms in total. The molecule has 0 spiro atoms. The van der Waals surface area contributed by atoms with Crippen LogP contribution in [0, 0.1) is 0 Å². The molecule has 0 saturated carbocycles. The van der Waals surface area contributed by atoms with Crippen molar-refractivity contribution in [3.05, 3.63) is 162 Å². The molecule has 0 radical (unpaired) electrons. The highest BCUT2D eigenvalue weighted by atomic mass is 32.2. The number of carboxylic acids is 1. The van der Waals surface area contributed by atoms with Crippen LogP contribution in [0.25, 0.3) is 22.3 Å². The van der Waals surface area contributed by atoms with Gasteiger partial charge in [-0.25, -0.2) is 4.79 Å². The van der Waals surface area contributed by atoms with E-state index in [9.17, 15) is 19.5 Å². The van der Waals surface area contributed by atoms with Gasteiger partial charge in [-0.05, 0) is 71.5 Å². The number of carboxylic acid groups (broad SMARTS) is 1. The maximum Gasteiger partial charge on any atom is 0.355 e. The molecule has 0 saturated heterocycles. The van der Waals surface area contributed by atoms with Crippen LogP contribution < -0.4 is 4.74 Å². The van der Waals surface area contributed by atoms with Crippen LogP contribution in [0.15, 0.2) is 140 Å². The standard InChI is InChI=1S/C39H32O5S/c1-4-39(45-38(37(42)43)44-36-14-6-5-7-15-36,34-20-16-28(17-21-34)32-12-8-10-30(24-32)26(2)40)35-22-18-29(19-23-35)33-13-9-11-31(25-33)27(3)41/h4-25,38H,1H2,2-3H3,(H,42,43). The summed E-state index contributed by atoms with van der Waals surface area (Å²) in [6.45, 7) is 7.27. The van der Waals surface area contributed by atoms with Crippen LogP contribution in [0.5, 0.6) is 5.75 Å². The molecule has 5 rings (SSSR count). The first-order valence-electron chi connectivity index (χ1n) is 14.4. The first kappa shape index (κ1) is 31.2. The van der Waals surface area contributed by atoms with Crippen LogP contribution >= 0.6 is 11.8 Å². The van der Waals surface area contributed by atoms with Crippen molar-refractivity contribution in [2.24, 2.45) is 0 Å². The van der Waals surface area contributed by atoms with Crippen LogP contribution in [0.4, 0.5) is 0 Å². The number of thioether (sulfide) groups is 1. The van der Waals surface area contributed by atoms with Crippen molar-refractivity contribution in [1.29, 1.82) is 0 Å². The molecule has 1 unspecified atom stereocenters. The summed E-state index contributed by atoms with van der Waals surface area (Å²) >= 11 is 1.13. The second-order valence-electron chi connectivity index (χ2n) is 10.6. The fourth-order valence-electron chi connectivity index (χ4n) is 5.16. The van der Waals surface area contributed by atoms with E-state index in [1.54, 1.807) is 56.3 Å². The van der Waals surface area contributed by atoms with Crippen molar-refractivity contribution in [3.8, 4) is 28.0 Å². The van der Waals surface area contributed by atoms with Gasteiger partial charge in [0.2, 0.25) is 5.44 Å². The van der Waals surface area contributed by atoms with Crippen LogP contribution in [-0.2, 0) is 9.54 Å². The number of hydrogen-bond donors (Lipinski definition) is 1. The van der Waals surface area contributed by atoms with Gasteiger partial charge in [0.15, 0.2) is 11.6 Å². The molecule has 1 atom stereocenters. The maximum atomic E-state index is 12.6. The first-order chi connectivity index (χ1) is 21.7. The number of carbonyl (C=O) groups is 3. The van der Waals surface area contributed by atoms with Crippen molar-refractivity contribution in [1.82, 2.24) is 0 Å². The van der Waals surface area contributed by atoms with Crippen LogP contribution in [0.1, 0.15) is 45.7 Å². The average molecular weight is 613 g/mol. The number of ketones is 2. The first-order valence-corrected chi connectivity index (χ1v) is 15.3. The number of benzene rings is 5. The van der Waals surface area contributed by atoms with Gasteiger partial charge >= 0.3 is 5.97 Å². The molecular formula is C39H32O5S. The Labute approximate surface area is 267 Å². The predicted molar refractivity (Wildman–Crippen MR) is 181 cm³/mol. The quantitative estimate of drug-likeness (QED) is 0.0860. The normalized spacial score (nSPS) is 11.8. The summed E-state index contributed by atoms with van der Waals surface area (Å²) in [6.07, 6.45) is 1.75. The highest BCUT2D eigenvalue weighted by Crippen LogP contribution is 2.47. The summed E-state index contributed by atoms with van der Waals surface area (Å²) < 4.78 is 4.97. The Morgan fingerprint density at radius 3 is 1.53 bits per heavy atom. The Bertz CT molecular complexity index is 1740. The molecule has 5 aromatic rings. The Morgan fingerprint density at radius 1 is 0.667 bits per heavy atom. The van der Waals surface area contributed by atoms with Gasteiger partial charge in [-0.2, -0.15) is 0 Å². The molecule has 0 bridgehead atoms. The third kappa shape index (κ3) is 6.97. The second-order valence-corrected chi connectivity index (χ2v) is 11.9.